The van der Waals surface area contributed by atoms with Crippen LogP contribution >= 0.6 is 11.6 Å². The van der Waals surface area contributed by atoms with Crippen LogP contribution in [0.5, 0.6) is 5.75 Å². The van der Waals surface area contributed by atoms with Gasteiger partial charge in [0, 0.05) is 18.6 Å². The maximum absolute atomic E-state index is 12.5. The van der Waals surface area contributed by atoms with Gasteiger partial charge in [-0.15, -0.1) is 0 Å². The Morgan fingerprint density at radius 3 is 2.67 bits per heavy atom. The van der Waals surface area contributed by atoms with Gasteiger partial charge < -0.3 is 15.4 Å². The lowest BCUT2D eigenvalue weighted by Gasteiger charge is -2.19. The van der Waals surface area contributed by atoms with Gasteiger partial charge in [-0.2, -0.15) is 0 Å². The van der Waals surface area contributed by atoms with Crippen molar-refractivity contribution in [2.24, 2.45) is 0 Å². The minimum Gasteiger partial charge on any atom is -0.495 e. The first-order valence-corrected chi connectivity index (χ1v) is 6.83. The predicted octanol–water partition coefficient (Wildman–Crippen LogP) is 3.20. The number of hydrogen-bond donors (Lipinski definition) is 1. The van der Waals surface area contributed by atoms with Crippen molar-refractivity contribution in [2.75, 3.05) is 19.9 Å². The van der Waals surface area contributed by atoms with Crippen LogP contribution in [0.3, 0.4) is 0 Å². The van der Waals surface area contributed by atoms with Crippen molar-refractivity contribution < 1.29 is 9.53 Å². The Labute approximate surface area is 129 Å². The summed E-state index contributed by atoms with van der Waals surface area (Å²) in [6.07, 6.45) is 0. The number of carbonyl (C=O) groups is 1. The molecule has 4 nitrogen and oxygen atoms in total. The highest BCUT2D eigenvalue weighted by Crippen LogP contribution is 2.26. The second kappa shape index (κ2) is 6.50. The van der Waals surface area contributed by atoms with Crippen LogP contribution in [0.25, 0.3) is 0 Å². The number of hydrogen-bond acceptors (Lipinski definition) is 3. The lowest BCUT2D eigenvalue weighted by atomic mass is 10.1. The van der Waals surface area contributed by atoms with Crippen LogP contribution in [0.2, 0.25) is 5.02 Å². The van der Waals surface area contributed by atoms with Gasteiger partial charge in [0.25, 0.3) is 5.91 Å². The highest BCUT2D eigenvalue weighted by Gasteiger charge is 2.17. The van der Waals surface area contributed by atoms with Crippen LogP contribution in [0.1, 0.15) is 15.9 Å². The van der Waals surface area contributed by atoms with Gasteiger partial charge in [-0.25, -0.2) is 0 Å². The Bertz CT molecular complexity index is 658. The summed E-state index contributed by atoms with van der Waals surface area (Å²) in [6.45, 7) is 0.454. The SMILES string of the molecule is COc1cccc(C(=O)N(C)Cc2cccc(Cl)c2)c1N. The second-order valence-electron chi connectivity index (χ2n) is 4.71. The molecule has 0 unspecified atom stereocenters. The number of halogens is 1. The molecule has 2 rings (SSSR count). The molecule has 0 radical (unpaired) electrons. The Morgan fingerprint density at radius 2 is 2.00 bits per heavy atom. The number of anilines is 1. The fourth-order valence-electron chi connectivity index (χ4n) is 2.10. The number of nitrogens with zero attached hydrogens (tertiary/aromatic N) is 1. The molecule has 0 saturated heterocycles. The van der Waals surface area contributed by atoms with Crippen molar-refractivity contribution in [3.63, 3.8) is 0 Å². The summed E-state index contributed by atoms with van der Waals surface area (Å²) in [5.41, 5.74) is 7.69. The van der Waals surface area contributed by atoms with Crippen LogP contribution in [-0.4, -0.2) is 25.0 Å². The second-order valence-corrected chi connectivity index (χ2v) is 5.15. The van der Waals surface area contributed by atoms with E-state index in [9.17, 15) is 4.79 Å². The number of benzene rings is 2. The summed E-state index contributed by atoms with van der Waals surface area (Å²) >= 11 is 5.95. The largest absolute Gasteiger partial charge is 0.495 e. The van der Waals surface area contributed by atoms with Crippen LogP contribution < -0.4 is 10.5 Å². The monoisotopic (exact) mass is 304 g/mol. The molecular weight excluding hydrogens is 288 g/mol. The smallest absolute Gasteiger partial charge is 0.256 e. The van der Waals surface area contributed by atoms with Gasteiger partial charge in [0.15, 0.2) is 0 Å². The third-order valence-corrected chi connectivity index (χ3v) is 3.41. The quantitative estimate of drug-likeness (QED) is 0.883. The van der Waals surface area contributed by atoms with Gasteiger partial charge in [-0.05, 0) is 29.8 Å². The fraction of sp³-hybridized carbons (Fsp3) is 0.188. The number of amides is 1. The first kappa shape index (κ1) is 15.2. The molecule has 2 aromatic carbocycles. The van der Waals surface area contributed by atoms with Crippen LogP contribution in [0.15, 0.2) is 42.5 Å². The molecule has 0 aromatic heterocycles. The highest BCUT2D eigenvalue weighted by molar-refractivity contribution is 6.30. The number of nitrogens with two attached hydrogens (primary N) is 1. The van der Waals surface area contributed by atoms with Gasteiger partial charge in [0.1, 0.15) is 5.75 Å². The van der Waals surface area contributed by atoms with Gasteiger partial charge >= 0.3 is 0 Å². The Kier molecular flexibility index (Phi) is 4.70. The van der Waals surface area contributed by atoms with Crippen LogP contribution in [0.4, 0.5) is 5.69 Å². The van der Waals surface area contributed by atoms with E-state index in [1.165, 1.54) is 7.11 Å². The van der Waals surface area contributed by atoms with Gasteiger partial charge in [-0.1, -0.05) is 29.8 Å². The van der Waals surface area contributed by atoms with Crippen molar-refractivity contribution in [3.8, 4) is 5.75 Å². The molecule has 0 bridgehead atoms. The van der Waals surface area contributed by atoms with E-state index in [0.717, 1.165) is 5.56 Å². The molecule has 110 valence electrons. The third kappa shape index (κ3) is 3.47. The minimum atomic E-state index is -0.161. The molecule has 2 N–H and O–H groups in total. The number of rotatable bonds is 4. The molecular formula is C16H17ClN2O2. The summed E-state index contributed by atoms with van der Waals surface area (Å²) in [5.74, 6) is 0.336. The summed E-state index contributed by atoms with van der Waals surface area (Å²) in [6, 6.07) is 12.6. The maximum atomic E-state index is 12.5. The van der Waals surface area contributed by atoms with Gasteiger partial charge in [0.2, 0.25) is 0 Å². The zero-order valence-electron chi connectivity index (χ0n) is 12.0. The first-order valence-electron chi connectivity index (χ1n) is 6.45. The number of ether oxygens (including phenoxy) is 1. The van der Waals surface area contributed by atoms with Crippen molar-refractivity contribution in [2.45, 2.75) is 6.54 Å². The molecule has 0 aliphatic rings. The number of carbonyl (C=O) groups excluding carboxylic acids is 1. The van der Waals surface area contributed by atoms with Gasteiger partial charge in [0.05, 0.1) is 18.4 Å². The van der Waals surface area contributed by atoms with Crippen LogP contribution in [-0.2, 0) is 6.54 Å². The van der Waals surface area contributed by atoms with Crippen molar-refractivity contribution in [1.82, 2.24) is 4.90 Å². The number of nitrogen functional groups attached to an aromatic ring is 1. The topological polar surface area (TPSA) is 55.6 Å². The van der Waals surface area contributed by atoms with E-state index in [1.54, 1.807) is 36.2 Å². The molecule has 21 heavy (non-hydrogen) atoms. The molecule has 0 aliphatic carbocycles. The van der Waals surface area contributed by atoms with E-state index in [0.29, 0.717) is 28.6 Å². The molecule has 0 spiro atoms. The zero-order chi connectivity index (χ0) is 15.4. The van der Waals surface area contributed by atoms with E-state index in [4.69, 9.17) is 22.1 Å². The van der Waals surface area contributed by atoms with Gasteiger partial charge in [-0.3, -0.25) is 4.79 Å². The first-order chi connectivity index (χ1) is 10.0. The van der Waals surface area contributed by atoms with Crippen molar-refractivity contribution >= 4 is 23.2 Å². The van der Waals surface area contributed by atoms with Crippen molar-refractivity contribution in [3.05, 3.63) is 58.6 Å². The molecule has 0 aliphatic heterocycles. The van der Waals surface area contributed by atoms with E-state index in [-0.39, 0.29) is 5.91 Å². The van der Waals surface area contributed by atoms with Crippen molar-refractivity contribution in [1.29, 1.82) is 0 Å². The Balaban J connectivity index is 2.20. The predicted molar refractivity (Wildman–Crippen MR) is 84.7 cm³/mol. The maximum Gasteiger partial charge on any atom is 0.256 e. The molecule has 0 saturated carbocycles. The third-order valence-electron chi connectivity index (χ3n) is 3.17. The molecule has 2 aromatic rings. The average Bonchev–Trinajstić information content (AvgIpc) is 2.47. The lowest BCUT2D eigenvalue weighted by molar-refractivity contribution is 0.0786. The molecule has 5 heteroatoms. The normalized spacial score (nSPS) is 10.2. The zero-order valence-corrected chi connectivity index (χ0v) is 12.7. The lowest BCUT2D eigenvalue weighted by Crippen LogP contribution is -2.27. The summed E-state index contributed by atoms with van der Waals surface area (Å²) in [4.78, 5) is 14.1. The summed E-state index contributed by atoms with van der Waals surface area (Å²) in [5, 5.41) is 0.647. The van der Waals surface area contributed by atoms with E-state index in [2.05, 4.69) is 0 Å². The van der Waals surface area contributed by atoms with E-state index >= 15 is 0 Å². The molecule has 0 fully saturated rings. The molecule has 0 atom stereocenters. The van der Waals surface area contributed by atoms with Crippen LogP contribution in [0, 0.1) is 0 Å². The van der Waals surface area contributed by atoms with E-state index in [1.807, 2.05) is 18.2 Å². The standard InChI is InChI=1S/C16H17ClN2O2/c1-19(10-11-5-3-6-12(17)9-11)16(20)13-7-4-8-14(21-2)15(13)18/h3-9H,10,18H2,1-2H3. The Morgan fingerprint density at radius 1 is 1.29 bits per heavy atom. The summed E-state index contributed by atoms with van der Waals surface area (Å²) < 4.78 is 5.14. The number of para-hydroxylation sites is 1. The molecule has 1 amide bonds. The average molecular weight is 305 g/mol. The summed E-state index contributed by atoms with van der Waals surface area (Å²) in [7, 11) is 3.25. The Hall–Kier alpha value is -2.20. The van der Waals surface area contributed by atoms with E-state index < -0.39 is 0 Å². The number of methoxy groups -OCH3 is 1. The fourth-order valence-corrected chi connectivity index (χ4v) is 2.31. The highest BCUT2D eigenvalue weighted by atomic mass is 35.5. The molecule has 0 heterocycles. The minimum absolute atomic E-state index is 0.161.